The Hall–Kier alpha value is -1.29. The molecule has 1 fully saturated rings. The summed E-state index contributed by atoms with van der Waals surface area (Å²) in [5, 5.41) is 14.6. The van der Waals surface area contributed by atoms with E-state index < -0.39 is 4.92 Å². The zero-order valence-electron chi connectivity index (χ0n) is 12.9. The number of halogens is 1. The van der Waals surface area contributed by atoms with E-state index in [1.54, 1.807) is 12.1 Å². The minimum atomic E-state index is -0.436. The molecular weight excluding hydrogens is 288 g/mol. The Labute approximate surface area is 131 Å². The first-order valence-electron chi connectivity index (χ1n) is 7.59. The Kier molecular flexibility index (Phi) is 5.09. The van der Waals surface area contributed by atoms with Crippen LogP contribution in [-0.4, -0.2) is 11.0 Å². The molecule has 0 bridgehead atoms. The van der Waals surface area contributed by atoms with Crippen molar-refractivity contribution in [1.82, 2.24) is 0 Å². The van der Waals surface area contributed by atoms with E-state index in [0.717, 1.165) is 30.0 Å². The Morgan fingerprint density at radius 3 is 2.71 bits per heavy atom. The third-order valence-electron chi connectivity index (χ3n) is 4.51. The number of nitrogens with one attached hydrogen (secondary N) is 1. The summed E-state index contributed by atoms with van der Waals surface area (Å²) in [7, 11) is 0. The number of rotatable bonds is 4. The molecule has 0 aromatic heterocycles. The van der Waals surface area contributed by atoms with Gasteiger partial charge >= 0.3 is 0 Å². The van der Waals surface area contributed by atoms with Crippen LogP contribution in [0.2, 0.25) is 5.02 Å². The van der Waals surface area contributed by atoms with Gasteiger partial charge in [0.15, 0.2) is 0 Å². The molecule has 2 unspecified atom stereocenters. The van der Waals surface area contributed by atoms with Crippen LogP contribution < -0.4 is 5.32 Å². The summed E-state index contributed by atoms with van der Waals surface area (Å²) in [6.45, 7) is 6.44. The molecule has 1 aromatic carbocycles. The molecule has 2 rings (SSSR count). The molecule has 0 radical (unpaired) electrons. The van der Waals surface area contributed by atoms with E-state index in [1.165, 1.54) is 12.8 Å². The predicted molar refractivity (Wildman–Crippen MR) is 87.1 cm³/mol. The Bertz CT molecular complexity index is 531. The van der Waals surface area contributed by atoms with Gasteiger partial charge in [-0.05, 0) is 43.2 Å². The van der Waals surface area contributed by atoms with Crippen LogP contribution in [0.5, 0.6) is 0 Å². The average Bonchev–Trinajstić information content (AvgIpc) is 2.42. The maximum Gasteiger partial charge on any atom is 0.288 e. The van der Waals surface area contributed by atoms with Crippen LogP contribution in [0.3, 0.4) is 0 Å². The molecule has 1 aliphatic carbocycles. The second-order valence-electron chi connectivity index (χ2n) is 6.39. The summed E-state index contributed by atoms with van der Waals surface area (Å²) >= 11 is 6.01. The van der Waals surface area contributed by atoms with Crippen molar-refractivity contribution in [2.24, 2.45) is 11.8 Å². The number of nitro benzene ring substituents is 1. The van der Waals surface area contributed by atoms with Crippen molar-refractivity contribution in [3.05, 3.63) is 32.8 Å². The molecule has 0 saturated heterocycles. The van der Waals surface area contributed by atoms with Gasteiger partial charge in [0, 0.05) is 17.8 Å². The Balaban J connectivity index is 2.12. The second-order valence-corrected chi connectivity index (χ2v) is 6.79. The number of nitrogens with zero attached hydrogens (tertiary/aromatic N) is 1. The number of benzene rings is 1. The first-order valence-corrected chi connectivity index (χ1v) is 7.97. The Morgan fingerprint density at radius 2 is 2.10 bits per heavy atom. The molecule has 1 N–H and O–H groups in total. The van der Waals surface area contributed by atoms with E-state index in [9.17, 15) is 10.1 Å². The van der Waals surface area contributed by atoms with Gasteiger partial charge in [0.25, 0.3) is 5.69 Å². The van der Waals surface area contributed by atoms with Crippen LogP contribution >= 0.6 is 11.6 Å². The molecule has 1 saturated carbocycles. The topological polar surface area (TPSA) is 55.2 Å². The summed E-state index contributed by atoms with van der Waals surface area (Å²) in [6, 6.07) is 3.67. The van der Waals surface area contributed by atoms with Gasteiger partial charge in [0.1, 0.15) is 5.02 Å². The third kappa shape index (κ3) is 3.88. The van der Waals surface area contributed by atoms with Gasteiger partial charge < -0.3 is 5.32 Å². The molecule has 2 atom stereocenters. The van der Waals surface area contributed by atoms with E-state index in [4.69, 9.17) is 11.6 Å². The lowest BCUT2D eigenvalue weighted by molar-refractivity contribution is -0.384. The van der Waals surface area contributed by atoms with Crippen molar-refractivity contribution in [2.45, 2.75) is 52.5 Å². The fraction of sp³-hybridized carbons (Fsp3) is 0.625. The van der Waals surface area contributed by atoms with E-state index >= 15 is 0 Å². The lowest BCUT2D eigenvalue weighted by Crippen LogP contribution is -2.29. The highest BCUT2D eigenvalue weighted by Crippen LogP contribution is 2.34. The number of hydrogen-bond acceptors (Lipinski definition) is 3. The lowest BCUT2D eigenvalue weighted by Gasteiger charge is -2.33. The van der Waals surface area contributed by atoms with E-state index in [1.807, 2.05) is 6.92 Å². The van der Waals surface area contributed by atoms with Gasteiger partial charge in [0.2, 0.25) is 0 Å². The summed E-state index contributed by atoms with van der Waals surface area (Å²) in [6.07, 6.45) is 4.85. The smallest absolute Gasteiger partial charge is 0.288 e. The highest BCUT2D eigenvalue weighted by molar-refractivity contribution is 6.33. The van der Waals surface area contributed by atoms with Crippen molar-refractivity contribution in [3.8, 4) is 0 Å². The molecule has 5 heteroatoms. The van der Waals surface area contributed by atoms with Crippen molar-refractivity contribution in [1.29, 1.82) is 0 Å². The average molecular weight is 311 g/mol. The quantitative estimate of drug-likeness (QED) is 0.615. The molecule has 4 nitrogen and oxygen atoms in total. The van der Waals surface area contributed by atoms with E-state index in [-0.39, 0.29) is 10.7 Å². The maximum absolute atomic E-state index is 10.9. The minimum absolute atomic E-state index is 0.0246. The monoisotopic (exact) mass is 310 g/mol. The van der Waals surface area contributed by atoms with Gasteiger partial charge in [-0.2, -0.15) is 0 Å². The molecule has 116 valence electrons. The molecule has 1 aliphatic rings. The van der Waals surface area contributed by atoms with Gasteiger partial charge in [-0.25, -0.2) is 0 Å². The fourth-order valence-corrected chi connectivity index (χ4v) is 3.38. The van der Waals surface area contributed by atoms with Gasteiger partial charge in [-0.15, -0.1) is 0 Å². The van der Waals surface area contributed by atoms with Crippen molar-refractivity contribution in [2.75, 3.05) is 5.32 Å². The first kappa shape index (κ1) is 16.1. The van der Waals surface area contributed by atoms with E-state index in [0.29, 0.717) is 12.0 Å². The van der Waals surface area contributed by atoms with Crippen molar-refractivity contribution in [3.63, 3.8) is 0 Å². The summed E-state index contributed by atoms with van der Waals surface area (Å²) in [5.41, 5.74) is 1.76. The number of hydrogen-bond donors (Lipinski definition) is 1. The highest BCUT2D eigenvalue weighted by atomic mass is 35.5. The van der Waals surface area contributed by atoms with Crippen LogP contribution in [0.25, 0.3) is 0 Å². The summed E-state index contributed by atoms with van der Waals surface area (Å²) in [4.78, 5) is 10.5. The first-order chi connectivity index (χ1) is 9.88. The largest absolute Gasteiger partial charge is 0.382 e. The molecule has 0 heterocycles. The van der Waals surface area contributed by atoms with Crippen LogP contribution in [0.1, 0.15) is 45.1 Å². The zero-order chi connectivity index (χ0) is 15.6. The van der Waals surface area contributed by atoms with E-state index in [2.05, 4.69) is 19.2 Å². The highest BCUT2D eigenvalue weighted by Gasteiger charge is 2.25. The number of aryl methyl sites for hydroxylation is 1. The summed E-state index contributed by atoms with van der Waals surface area (Å²) < 4.78 is 0. The van der Waals surface area contributed by atoms with Crippen LogP contribution in [0.15, 0.2) is 12.1 Å². The summed E-state index contributed by atoms with van der Waals surface area (Å²) in [5.74, 6) is 1.46. The van der Waals surface area contributed by atoms with Gasteiger partial charge in [0.05, 0.1) is 4.92 Å². The predicted octanol–water partition coefficient (Wildman–Crippen LogP) is 5.18. The molecule has 0 amide bonds. The molecule has 21 heavy (non-hydrogen) atoms. The minimum Gasteiger partial charge on any atom is -0.382 e. The third-order valence-corrected chi connectivity index (χ3v) is 4.81. The van der Waals surface area contributed by atoms with Crippen LogP contribution in [-0.2, 0) is 0 Å². The standard InChI is InChI=1S/C16H23ClN2O2/c1-10(2)12-5-4-6-13(8-12)18-15-9-14(17)16(19(20)21)7-11(15)3/h7,9-10,12-13,18H,4-6,8H2,1-3H3. The molecule has 0 aliphatic heterocycles. The van der Waals surface area contributed by atoms with Crippen molar-refractivity contribution < 1.29 is 4.92 Å². The fourth-order valence-electron chi connectivity index (χ4n) is 3.15. The molecule has 1 aromatic rings. The van der Waals surface area contributed by atoms with Crippen molar-refractivity contribution >= 4 is 23.0 Å². The molecule has 0 spiro atoms. The number of nitro groups is 1. The van der Waals surface area contributed by atoms with Gasteiger partial charge in [-0.1, -0.05) is 38.3 Å². The zero-order valence-corrected chi connectivity index (χ0v) is 13.6. The van der Waals surface area contributed by atoms with Crippen LogP contribution in [0.4, 0.5) is 11.4 Å². The lowest BCUT2D eigenvalue weighted by atomic mass is 9.79. The molecular formula is C16H23ClN2O2. The Morgan fingerprint density at radius 1 is 1.38 bits per heavy atom. The maximum atomic E-state index is 10.9. The normalized spacial score (nSPS) is 22.3. The van der Waals surface area contributed by atoms with Gasteiger partial charge in [-0.3, -0.25) is 10.1 Å². The SMILES string of the molecule is Cc1cc([N+](=O)[O-])c(Cl)cc1NC1CCCC(C(C)C)C1. The van der Waals surface area contributed by atoms with Crippen LogP contribution in [0, 0.1) is 28.9 Å². The number of anilines is 1. The second kappa shape index (κ2) is 6.65.